The van der Waals surface area contributed by atoms with E-state index in [0.717, 1.165) is 16.5 Å². The van der Waals surface area contributed by atoms with Gasteiger partial charge in [0.25, 0.3) is 0 Å². The van der Waals surface area contributed by atoms with Crippen molar-refractivity contribution in [2.45, 2.75) is 47.0 Å². The maximum atomic E-state index is 12.1. The SMILES string of the molecule is CC(C)(C)C(=O)Oc1cc2ccoc2cc1C(C)(C)C. The molecule has 3 nitrogen and oxygen atoms in total. The van der Waals surface area contributed by atoms with Crippen molar-refractivity contribution in [3.05, 3.63) is 30.0 Å². The van der Waals surface area contributed by atoms with Gasteiger partial charge in [0.2, 0.25) is 0 Å². The lowest BCUT2D eigenvalue weighted by molar-refractivity contribution is -0.143. The zero-order chi connectivity index (χ0) is 15.1. The first-order valence-corrected chi connectivity index (χ1v) is 6.83. The molecule has 1 heterocycles. The van der Waals surface area contributed by atoms with Gasteiger partial charge in [-0.15, -0.1) is 0 Å². The van der Waals surface area contributed by atoms with E-state index in [1.54, 1.807) is 6.26 Å². The Balaban J connectivity index is 2.52. The van der Waals surface area contributed by atoms with Crippen LogP contribution < -0.4 is 4.74 Å². The Hall–Kier alpha value is -1.77. The van der Waals surface area contributed by atoms with Gasteiger partial charge in [-0.25, -0.2) is 0 Å². The molecule has 0 unspecified atom stereocenters. The Labute approximate surface area is 119 Å². The van der Waals surface area contributed by atoms with Crippen molar-refractivity contribution < 1.29 is 13.9 Å². The summed E-state index contributed by atoms with van der Waals surface area (Å²) in [5, 5.41) is 0.940. The number of carbonyl (C=O) groups is 1. The van der Waals surface area contributed by atoms with Crippen LogP contribution >= 0.6 is 0 Å². The molecule has 2 aromatic rings. The molecule has 0 fully saturated rings. The average Bonchev–Trinajstić information content (AvgIpc) is 2.72. The van der Waals surface area contributed by atoms with Crippen LogP contribution in [0.1, 0.15) is 47.1 Å². The minimum absolute atomic E-state index is 0.130. The minimum atomic E-state index is -0.527. The molecule has 108 valence electrons. The first kappa shape index (κ1) is 14.6. The van der Waals surface area contributed by atoms with Crippen molar-refractivity contribution in [3.8, 4) is 5.75 Å². The quantitative estimate of drug-likeness (QED) is 0.560. The topological polar surface area (TPSA) is 39.4 Å². The molecule has 1 aromatic heterocycles. The van der Waals surface area contributed by atoms with Crippen LogP contribution in [-0.2, 0) is 10.2 Å². The highest BCUT2D eigenvalue weighted by Crippen LogP contribution is 2.36. The van der Waals surface area contributed by atoms with Crippen LogP contribution in [0, 0.1) is 5.41 Å². The van der Waals surface area contributed by atoms with Gasteiger partial charge in [-0.2, -0.15) is 0 Å². The predicted octanol–water partition coefficient (Wildman–Crippen LogP) is 4.68. The molecule has 0 atom stereocenters. The lowest BCUT2D eigenvalue weighted by atomic mass is 9.86. The van der Waals surface area contributed by atoms with E-state index < -0.39 is 5.41 Å². The Bertz CT molecular complexity index is 636. The second kappa shape index (κ2) is 4.65. The number of ether oxygens (including phenoxy) is 1. The number of benzene rings is 1. The van der Waals surface area contributed by atoms with E-state index >= 15 is 0 Å². The number of rotatable bonds is 1. The number of carbonyl (C=O) groups excluding carboxylic acids is 1. The predicted molar refractivity (Wildman–Crippen MR) is 80.0 cm³/mol. The van der Waals surface area contributed by atoms with Crippen molar-refractivity contribution in [2.24, 2.45) is 5.41 Å². The summed E-state index contributed by atoms with van der Waals surface area (Å²) in [6.07, 6.45) is 1.65. The highest BCUT2D eigenvalue weighted by Gasteiger charge is 2.27. The third-order valence-corrected chi connectivity index (χ3v) is 3.18. The molecule has 2 rings (SSSR count). The Morgan fingerprint density at radius 2 is 1.75 bits per heavy atom. The summed E-state index contributed by atoms with van der Waals surface area (Å²) >= 11 is 0. The molecule has 0 bridgehead atoms. The van der Waals surface area contributed by atoms with Crippen LogP contribution in [-0.4, -0.2) is 5.97 Å². The Morgan fingerprint density at radius 1 is 1.10 bits per heavy atom. The van der Waals surface area contributed by atoms with Gasteiger partial charge in [0.15, 0.2) is 0 Å². The number of hydrogen-bond donors (Lipinski definition) is 0. The molecule has 1 aromatic carbocycles. The van der Waals surface area contributed by atoms with Gasteiger partial charge < -0.3 is 9.15 Å². The van der Waals surface area contributed by atoms with Gasteiger partial charge >= 0.3 is 5.97 Å². The van der Waals surface area contributed by atoms with E-state index in [4.69, 9.17) is 9.15 Å². The number of furan rings is 1. The Kier molecular flexibility index (Phi) is 3.41. The molecule has 0 radical (unpaired) electrons. The lowest BCUT2D eigenvalue weighted by Gasteiger charge is -2.24. The summed E-state index contributed by atoms with van der Waals surface area (Å²) in [4.78, 5) is 12.1. The second-order valence-corrected chi connectivity index (χ2v) is 7.20. The largest absolute Gasteiger partial charge is 0.464 e. The number of hydrogen-bond acceptors (Lipinski definition) is 3. The van der Waals surface area contributed by atoms with Crippen molar-refractivity contribution in [1.82, 2.24) is 0 Å². The van der Waals surface area contributed by atoms with Gasteiger partial charge in [0.05, 0.1) is 11.7 Å². The summed E-state index contributed by atoms with van der Waals surface area (Å²) < 4.78 is 11.1. The van der Waals surface area contributed by atoms with Crippen LogP contribution in [0.2, 0.25) is 0 Å². The maximum absolute atomic E-state index is 12.1. The zero-order valence-corrected chi connectivity index (χ0v) is 13.0. The molecule has 3 heteroatoms. The van der Waals surface area contributed by atoms with Crippen LogP contribution in [0.3, 0.4) is 0 Å². The van der Waals surface area contributed by atoms with Gasteiger partial charge in [0, 0.05) is 10.9 Å². The fourth-order valence-corrected chi connectivity index (χ4v) is 1.91. The summed E-state index contributed by atoms with van der Waals surface area (Å²) in [5.41, 5.74) is 1.12. The van der Waals surface area contributed by atoms with Crippen molar-refractivity contribution >= 4 is 16.9 Å². The molecular weight excluding hydrogens is 252 g/mol. The molecule has 20 heavy (non-hydrogen) atoms. The minimum Gasteiger partial charge on any atom is -0.464 e. The number of fused-ring (bicyclic) bond motifs is 1. The zero-order valence-electron chi connectivity index (χ0n) is 13.0. The molecule has 0 aliphatic rings. The van der Waals surface area contributed by atoms with Gasteiger partial charge in [-0.1, -0.05) is 20.8 Å². The first-order chi connectivity index (χ1) is 9.09. The van der Waals surface area contributed by atoms with E-state index in [9.17, 15) is 4.79 Å². The molecule has 0 saturated heterocycles. The average molecular weight is 274 g/mol. The van der Waals surface area contributed by atoms with Crippen LogP contribution in [0.25, 0.3) is 11.0 Å². The molecule has 0 saturated carbocycles. The monoisotopic (exact) mass is 274 g/mol. The van der Waals surface area contributed by atoms with Crippen LogP contribution in [0.5, 0.6) is 5.75 Å². The molecular formula is C17H22O3. The van der Waals surface area contributed by atoms with E-state index in [0.29, 0.717) is 5.75 Å². The Morgan fingerprint density at radius 3 is 2.30 bits per heavy atom. The highest BCUT2D eigenvalue weighted by molar-refractivity contribution is 5.83. The van der Waals surface area contributed by atoms with Gasteiger partial charge in [0.1, 0.15) is 11.3 Å². The molecule has 0 aliphatic carbocycles. The fraction of sp³-hybridized carbons (Fsp3) is 0.471. The normalized spacial score (nSPS) is 12.7. The highest BCUT2D eigenvalue weighted by atomic mass is 16.5. The smallest absolute Gasteiger partial charge is 0.316 e. The maximum Gasteiger partial charge on any atom is 0.316 e. The van der Waals surface area contributed by atoms with E-state index in [1.165, 1.54) is 0 Å². The van der Waals surface area contributed by atoms with Crippen LogP contribution in [0.4, 0.5) is 0 Å². The standard InChI is InChI=1S/C17H22O3/c1-16(2,3)12-10-13-11(7-8-19-13)9-14(12)20-15(18)17(4,5)6/h7-10H,1-6H3. The lowest BCUT2D eigenvalue weighted by Crippen LogP contribution is -2.27. The van der Waals surface area contributed by atoms with E-state index in [-0.39, 0.29) is 11.4 Å². The van der Waals surface area contributed by atoms with Gasteiger partial charge in [-0.05, 0) is 44.4 Å². The van der Waals surface area contributed by atoms with Crippen molar-refractivity contribution in [2.75, 3.05) is 0 Å². The fourth-order valence-electron chi connectivity index (χ4n) is 1.91. The molecule has 0 N–H and O–H groups in total. The van der Waals surface area contributed by atoms with E-state index in [2.05, 4.69) is 20.8 Å². The summed E-state index contributed by atoms with van der Waals surface area (Å²) in [6, 6.07) is 5.71. The number of esters is 1. The third kappa shape index (κ3) is 2.87. The molecule has 0 amide bonds. The summed E-state index contributed by atoms with van der Waals surface area (Å²) in [6.45, 7) is 11.8. The van der Waals surface area contributed by atoms with E-state index in [1.807, 2.05) is 39.0 Å². The second-order valence-electron chi connectivity index (χ2n) is 7.20. The summed E-state index contributed by atoms with van der Waals surface area (Å²) in [5.74, 6) is 0.386. The summed E-state index contributed by atoms with van der Waals surface area (Å²) in [7, 11) is 0. The third-order valence-electron chi connectivity index (χ3n) is 3.18. The van der Waals surface area contributed by atoms with Crippen LogP contribution in [0.15, 0.2) is 28.9 Å². The molecule has 0 spiro atoms. The van der Waals surface area contributed by atoms with Crippen molar-refractivity contribution in [3.63, 3.8) is 0 Å². The van der Waals surface area contributed by atoms with Gasteiger partial charge in [-0.3, -0.25) is 4.79 Å². The first-order valence-electron chi connectivity index (χ1n) is 6.83. The molecule has 0 aliphatic heterocycles. The van der Waals surface area contributed by atoms with Crippen molar-refractivity contribution in [1.29, 1.82) is 0 Å².